The van der Waals surface area contributed by atoms with Crippen molar-refractivity contribution in [1.29, 1.82) is 0 Å². The number of hydrogen-bond donors (Lipinski definition) is 6. The van der Waals surface area contributed by atoms with Gasteiger partial charge in [-0.15, -0.1) is 0 Å². The lowest BCUT2D eigenvalue weighted by Gasteiger charge is -2.46. The van der Waals surface area contributed by atoms with E-state index in [0.717, 1.165) is 0 Å². The van der Waals surface area contributed by atoms with Gasteiger partial charge in [0, 0.05) is 25.5 Å². The SMILES string of the molecule is CC(=O)N[C@H]1[C@H]([C@H](O)[C@H](O)CNC(=O)c2ccccc2)O[C@@](OCc2ccccc2)(C(=O)O)C[C@@H]1O. The van der Waals surface area contributed by atoms with Gasteiger partial charge in [0.15, 0.2) is 0 Å². The molecule has 194 valence electrons. The molecule has 11 heteroatoms. The molecule has 1 saturated heterocycles. The number of hydrogen-bond acceptors (Lipinski definition) is 8. The topological polar surface area (TPSA) is 175 Å². The molecule has 6 atom stereocenters. The van der Waals surface area contributed by atoms with Gasteiger partial charge in [0.05, 0.1) is 24.9 Å². The van der Waals surface area contributed by atoms with E-state index < -0.39 is 67.0 Å². The summed E-state index contributed by atoms with van der Waals surface area (Å²) >= 11 is 0. The number of carboxylic acids is 1. The Morgan fingerprint density at radius 2 is 1.69 bits per heavy atom. The highest BCUT2D eigenvalue weighted by Crippen LogP contribution is 2.34. The molecule has 1 heterocycles. The van der Waals surface area contributed by atoms with Gasteiger partial charge in [0.25, 0.3) is 11.7 Å². The number of rotatable bonds is 10. The van der Waals surface area contributed by atoms with Gasteiger partial charge in [-0.25, -0.2) is 4.79 Å². The van der Waals surface area contributed by atoms with Gasteiger partial charge in [-0.05, 0) is 17.7 Å². The molecule has 0 bridgehead atoms. The molecule has 2 aromatic carbocycles. The Labute approximate surface area is 207 Å². The summed E-state index contributed by atoms with van der Waals surface area (Å²) in [5.41, 5.74) is 0.972. The molecule has 1 fully saturated rings. The Balaban J connectivity index is 1.78. The van der Waals surface area contributed by atoms with Gasteiger partial charge < -0.3 is 40.5 Å². The summed E-state index contributed by atoms with van der Waals surface area (Å²) in [4.78, 5) is 36.3. The zero-order valence-electron chi connectivity index (χ0n) is 19.6. The van der Waals surface area contributed by atoms with Crippen LogP contribution in [0.3, 0.4) is 0 Å². The minimum atomic E-state index is -2.37. The summed E-state index contributed by atoms with van der Waals surface area (Å²) in [5, 5.41) is 47.1. The van der Waals surface area contributed by atoms with Crippen molar-refractivity contribution in [3.05, 3.63) is 71.8 Å². The minimum absolute atomic E-state index is 0.177. The molecule has 11 nitrogen and oxygen atoms in total. The molecule has 2 aromatic rings. The highest BCUT2D eigenvalue weighted by atomic mass is 16.7. The van der Waals surface area contributed by atoms with Crippen LogP contribution in [-0.4, -0.2) is 81.0 Å². The zero-order chi connectivity index (χ0) is 26.3. The summed E-state index contributed by atoms with van der Waals surface area (Å²) in [7, 11) is 0. The third kappa shape index (κ3) is 6.65. The van der Waals surface area contributed by atoms with Crippen molar-refractivity contribution in [2.24, 2.45) is 0 Å². The summed E-state index contributed by atoms with van der Waals surface area (Å²) in [6.45, 7) is 0.587. The van der Waals surface area contributed by atoms with Crippen molar-refractivity contribution in [1.82, 2.24) is 10.6 Å². The van der Waals surface area contributed by atoms with Crippen molar-refractivity contribution >= 4 is 17.8 Å². The first-order chi connectivity index (χ1) is 17.1. The highest BCUT2D eigenvalue weighted by Gasteiger charge is 2.55. The second kappa shape index (κ2) is 12.1. The van der Waals surface area contributed by atoms with E-state index in [1.54, 1.807) is 60.7 Å². The summed E-state index contributed by atoms with van der Waals surface area (Å²) in [5.74, 6) is -5.00. The van der Waals surface area contributed by atoms with E-state index in [1.807, 2.05) is 0 Å². The summed E-state index contributed by atoms with van der Waals surface area (Å²) < 4.78 is 11.3. The molecular weight excluding hydrogens is 472 g/mol. The first-order valence-corrected chi connectivity index (χ1v) is 11.4. The van der Waals surface area contributed by atoms with Crippen LogP contribution >= 0.6 is 0 Å². The largest absolute Gasteiger partial charge is 0.477 e. The standard InChI is InChI=1S/C25H30N2O9/c1-15(28)27-20-18(29)12-25(24(33)34,35-14-16-8-4-2-5-9-16)36-22(20)21(31)19(30)13-26-23(32)17-10-6-3-7-11-17/h2-11,18-22,29-31H,12-14H2,1H3,(H,26,32)(H,27,28)(H,33,34)/t18-,19+,20+,21+,22+,25+/m0/s1. The fraction of sp³-hybridized carbons (Fsp3) is 0.400. The smallest absolute Gasteiger partial charge is 0.364 e. The average molecular weight is 503 g/mol. The number of aliphatic hydroxyl groups is 3. The fourth-order valence-electron chi connectivity index (χ4n) is 3.95. The Kier molecular flexibility index (Phi) is 9.13. The van der Waals surface area contributed by atoms with Crippen LogP contribution in [0.4, 0.5) is 0 Å². The molecule has 6 N–H and O–H groups in total. The Hall–Kier alpha value is -3.35. The lowest BCUT2D eigenvalue weighted by atomic mass is 9.88. The van der Waals surface area contributed by atoms with E-state index in [9.17, 15) is 34.8 Å². The van der Waals surface area contributed by atoms with Crippen LogP contribution in [0.2, 0.25) is 0 Å². The first kappa shape index (κ1) is 27.2. The molecule has 0 saturated carbocycles. The molecule has 0 radical (unpaired) electrons. The van der Waals surface area contributed by atoms with Gasteiger partial charge >= 0.3 is 5.97 Å². The molecule has 1 aliphatic heterocycles. The molecule has 0 spiro atoms. The maximum Gasteiger partial charge on any atom is 0.364 e. The molecule has 0 unspecified atom stereocenters. The lowest BCUT2D eigenvalue weighted by molar-refractivity contribution is -0.314. The second-order valence-electron chi connectivity index (χ2n) is 8.55. The van der Waals surface area contributed by atoms with Gasteiger partial charge in [-0.1, -0.05) is 48.5 Å². The van der Waals surface area contributed by atoms with E-state index in [2.05, 4.69) is 10.6 Å². The molecular formula is C25H30N2O9. The third-order valence-corrected chi connectivity index (χ3v) is 5.82. The number of aliphatic hydroxyl groups excluding tert-OH is 3. The number of carbonyl (C=O) groups excluding carboxylic acids is 2. The molecule has 1 aliphatic rings. The Bertz CT molecular complexity index is 1040. The van der Waals surface area contributed by atoms with E-state index in [0.29, 0.717) is 11.1 Å². The Morgan fingerprint density at radius 3 is 2.28 bits per heavy atom. The monoisotopic (exact) mass is 502 g/mol. The number of carbonyl (C=O) groups is 3. The van der Waals surface area contributed by atoms with Crippen LogP contribution in [0.15, 0.2) is 60.7 Å². The molecule has 0 aromatic heterocycles. The van der Waals surface area contributed by atoms with E-state index in [1.165, 1.54) is 6.92 Å². The average Bonchev–Trinajstić information content (AvgIpc) is 2.87. The van der Waals surface area contributed by atoms with Crippen molar-refractivity contribution < 1.29 is 44.3 Å². The number of ether oxygens (including phenoxy) is 2. The molecule has 3 rings (SSSR count). The molecule has 36 heavy (non-hydrogen) atoms. The fourth-order valence-corrected chi connectivity index (χ4v) is 3.95. The summed E-state index contributed by atoms with van der Waals surface area (Å²) in [6, 6.07) is 15.6. The number of amides is 2. The second-order valence-corrected chi connectivity index (χ2v) is 8.55. The van der Waals surface area contributed by atoms with Gasteiger partial charge in [-0.2, -0.15) is 0 Å². The van der Waals surface area contributed by atoms with Crippen molar-refractivity contribution in [2.45, 2.75) is 56.2 Å². The number of carboxylic acid groups (broad SMARTS) is 1. The maximum absolute atomic E-state index is 12.3. The van der Waals surface area contributed by atoms with Gasteiger partial charge in [-0.3, -0.25) is 9.59 Å². The zero-order valence-corrected chi connectivity index (χ0v) is 19.6. The molecule has 2 amide bonds. The first-order valence-electron chi connectivity index (χ1n) is 11.4. The predicted molar refractivity (Wildman–Crippen MR) is 125 cm³/mol. The number of benzene rings is 2. The highest BCUT2D eigenvalue weighted by molar-refractivity contribution is 5.94. The van der Waals surface area contributed by atoms with E-state index >= 15 is 0 Å². The van der Waals surface area contributed by atoms with E-state index in [4.69, 9.17) is 9.47 Å². The van der Waals surface area contributed by atoms with Crippen molar-refractivity contribution in [3.8, 4) is 0 Å². The van der Waals surface area contributed by atoms with Crippen LogP contribution < -0.4 is 10.6 Å². The quantitative estimate of drug-likeness (QED) is 0.257. The van der Waals surface area contributed by atoms with Crippen LogP contribution in [0.1, 0.15) is 29.3 Å². The van der Waals surface area contributed by atoms with Crippen LogP contribution in [0.25, 0.3) is 0 Å². The van der Waals surface area contributed by atoms with Crippen molar-refractivity contribution in [2.75, 3.05) is 6.54 Å². The third-order valence-electron chi connectivity index (χ3n) is 5.82. The van der Waals surface area contributed by atoms with Crippen LogP contribution in [0.5, 0.6) is 0 Å². The Morgan fingerprint density at radius 1 is 1.08 bits per heavy atom. The van der Waals surface area contributed by atoms with Crippen molar-refractivity contribution in [3.63, 3.8) is 0 Å². The number of aliphatic carboxylic acids is 1. The lowest BCUT2D eigenvalue weighted by Crippen LogP contribution is -2.68. The van der Waals surface area contributed by atoms with Crippen LogP contribution in [0, 0.1) is 0 Å². The maximum atomic E-state index is 12.3. The molecule has 0 aliphatic carbocycles. The predicted octanol–water partition coefficient (Wildman–Crippen LogP) is -0.210. The normalized spacial score (nSPS) is 25.4. The minimum Gasteiger partial charge on any atom is -0.477 e. The van der Waals surface area contributed by atoms with E-state index in [-0.39, 0.29) is 6.61 Å². The number of nitrogens with one attached hydrogen (secondary N) is 2. The van der Waals surface area contributed by atoms with Crippen LogP contribution in [-0.2, 0) is 25.7 Å². The van der Waals surface area contributed by atoms with Gasteiger partial charge in [0.2, 0.25) is 5.91 Å². The summed E-state index contributed by atoms with van der Waals surface area (Å²) in [6.07, 6.45) is -7.09. The van der Waals surface area contributed by atoms with Gasteiger partial charge in [0.1, 0.15) is 12.2 Å².